The molecule has 0 saturated carbocycles. The van der Waals surface area contributed by atoms with Crippen LogP contribution in [0, 0.1) is 6.92 Å². The van der Waals surface area contributed by atoms with Gasteiger partial charge in [0.1, 0.15) is 0 Å². The molecule has 94 valence electrons. The highest BCUT2D eigenvalue weighted by atomic mass is 35.5. The Morgan fingerprint density at radius 3 is 2.44 bits per heavy atom. The Hall–Kier alpha value is -1.59. The van der Waals surface area contributed by atoms with Crippen LogP contribution in [0.25, 0.3) is 0 Å². The summed E-state index contributed by atoms with van der Waals surface area (Å²) in [5, 5.41) is 0.119. The Morgan fingerprint density at radius 2 is 1.83 bits per heavy atom. The molecule has 1 N–H and O–H groups in total. The predicted molar refractivity (Wildman–Crippen MR) is 71.2 cm³/mol. The van der Waals surface area contributed by atoms with E-state index in [2.05, 4.69) is 9.71 Å². The van der Waals surface area contributed by atoms with Crippen LogP contribution in [-0.2, 0) is 10.0 Å². The summed E-state index contributed by atoms with van der Waals surface area (Å²) < 4.78 is 26.5. The smallest absolute Gasteiger partial charge is 0.261 e. The monoisotopic (exact) mass is 282 g/mol. The van der Waals surface area contributed by atoms with Gasteiger partial charge in [0.15, 0.2) is 5.15 Å². The fraction of sp³-hybridized carbons (Fsp3) is 0.0833. The van der Waals surface area contributed by atoms with Crippen LogP contribution in [0.15, 0.2) is 47.5 Å². The van der Waals surface area contributed by atoms with Crippen molar-refractivity contribution in [3.63, 3.8) is 0 Å². The zero-order valence-corrected chi connectivity index (χ0v) is 11.2. The molecule has 18 heavy (non-hydrogen) atoms. The number of halogens is 1. The van der Waals surface area contributed by atoms with Crippen LogP contribution in [0.2, 0.25) is 5.15 Å². The number of sulfonamides is 1. The van der Waals surface area contributed by atoms with Crippen molar-refractivity contribution >= 4 is 27.3 Å². The molecule has 1 aromatic carbocycles. The number of benzene rings is 1. The lowest BCUT2D eigenvalue weighted by Crippen LogP contribution is -2.13. The summed E-state index contributed by atoms with van der Waals surface area (Å²) in [6.07, 6.45) is 1.49. The number of pyridine rings is 1. The summed E-state index contributed by atoms with van der Waals surface area (Å²) in [5.41, 5.74) is 1.26. The number of nitrogens with zero attached hydrogens (tertiary/aromatic N) is 1. The molecule has 2 aromatic rings. The SMILES string of the molecule is Cc1ccc(S(=O)(=O)Nc2cccnc2Cl)cc1. The first-order chi connectivity index (χ1) is 8.49. The molecular weight excluding hydrogens is 272 g/mol. The van der Waals surface area contributed by atoms with Crippen molar-refractivity contribution in [2.24, 2.45) is 0 Å². The molecule has 0 radical (unpaired) electrons. The van der Waals surface area contributed by atoms with Crippen LogP contribution in [0.5, 0.6) is 0 Å². The summed E-state index contributed by atoms with van der Waals surface area (Å²) in [5.74, 6) is 0. The Balaban J connectivity index is 2.33. The minimum Gasteiger partial charge on any atom is -0.276 e. The largest absolute Gasteiger partial charge is 0.276 e. The van der Waals surface area contributed by atoms with Crippen molar-refractivity contribution in [2.75, 3.05) is 4.72 Å². The van der Waals surface area contributed by atoms with Crippen LogP contribution in [-0.4, -0.2) is 13.4 Å². The van der Waals surface area contributed by atoms with Gasteiger partial charge in [-0.05, 0) is 31.2 Å². The Morgan fingerprint density at radius 1 is 1.17 bits per heavy atom. The Labute approximate surface area is 111 Å². The fourth-order valence-electron chi connectivity index (χ4n) is 1.38. The number of hydrogen-bond acceptors (Lipinski definition) is 3. The summed E-state index contributed by atoms with van der Waals surface area (Å²) in [6.45, 7) is 1.89. The van der Waals surface area contributed by atoms with Gasteiger partial charge in [-0.3, -0.25) is 4.72 Å². The maximum absolute atomic E-state index is 12.1. The molecule has 0 unspecified atom stereocenters. The average Bonchev–Trinajstić information content (AvgIpc) is 2.32. The summed E-state index contributed by atoms with van der Waals surface area (Å²) in [4.78, 5) is 4.00. The molecule has 0 spiro atoms. The van der Waals surface area contributed by atoms with E-state index in [9.17, 15) is 8.42 Å². The number of anilines is 1. The first-order valence-electron chi connectivity index (χ1n) is 5.19. The van der Waals surface area contributed by atoms with Gasteiger partial charge in [0.05, 0.1) is 10.6 Å². The molecule has 1 aromatic heterocycles. The number of rotatable bonds is 3. The van der Waals surface area contributed by atoms with Crippen molar-refractivity contribution in [3.8, 4) is 0 Å². The number of aromatic nitrogens is 1. The van der Waals surface area contributed by atoms with Gasteiger partial charge in [-0.1, -0.05) is 29.3 Å². The van der Waals surface area contributed by atoms with Gasteiger partial charge in [0.25, 0.3) is 10.0 Å². The first kappa shape index (κ1) is 12.9. The molecule has 0 saturated heterocycles. The quantitative estimate of drug-likeness (QED) is 0.881. The Kier molecular flexibility index (Phi) is 3.54. The van der Waals surface area contributed by atoms with Crippen molar-refractivity contribution in [3.05, 3.63) is 53.3 Å². The zero-order chi connectivity index (χ0) is 13.2. The number of hydrogen-bond donors (Lipinski definition) is 1. The van der Waals surface area contributed by atoms with Crippen LogP contribution >= 0.6 is 11.6 Å². The second kappa shape index (κ2) is 4.96. The molecule has 1 heterocycles. The lowest BCUT2D eigenvalue weighted by Gasteiger charge is -2.08. The zero-order valence-electron chi connectivity index (χ0n) is 9.59. The summed E-state index contributed by atoms with van der Waals surface area (Å²) in [6, 6.07) is 9.72. The molecule has 0 fully saturated rings. The van der Waals surface area contributed by atoms with Crippen LogP contribution in [0.1, 0.15) is 5.56 Å². The van der Waals surface area contributed by atoms with Gasteiger partial charge in [0.2, 0.25) is 0 Å². The number of aryl methyl sites for hydroxylation is 1. The normalized spacial score (nSPS) is 11.2. The standard InChI is InChI=1S/C12H11ClN2O2S/c1-9-4-6-10(7-5-9)18(16,17)15-11-3-2-8-14-12(11)13/h2-8,15H,1H3. The van der Waals surface area contributed by atoms with Crippen molar-refractivity contribution < 1.29 is 8.42 Å². The third-order valence-corrected chi connectivity index (χ3v) is 4.02. The lowest BCUT2D eigenvalue weighted by molar-refractivity contribution is 0.601. The van der Waals surface area contributed by atoms with Crippen LogP contribution < -0.4 is 4.72 Å². The fourth-order valence-corrected chi connectivity index (χ4v) is 2.67. The highest BCUT2D eigenvalue weighted by Gasteiger charge is 2.15. The maximum atomic E-state index is 12.1. The van der Waals surface area contributed by atoms with E-state index >= 15 is 0 Å². The van der Waals surface area contributed by atoms with E-state index in [4.69, 9.17) is 11.6 Å². The minimum atomic E-state index is -3.63. The van der Waals surface area contributed by atoms with E-state index in [1.54, 1.807) is 36.4 Å². The van der Waals surface area contributed by atoms with E-state index < -0.39 is 10.0 Å². The van der Waals surface area contributed by atoms with Gasteiger partial charge >= 0.3 is 0 Å². The van der Waals surface area contributed by atoms with E-state index in [0.717, 1.165) is 5.56 Å². The van der Waals surface area contributed by atoms with Gasteiger partial charge in [-0.15, -0.1) is 0 Å². The van der Waals surface area contributed by atoms with Gasteiger partial charge < -0.3 is 0 Å². The van der Waals surface area contributed by atoms with E-state index in [1.807, 2.05) is 6.92 Å². The third kappa shape index (κ3) is 2.80. The lowest BCUT2D eigenvalue weighted by atomic mass is 10.2. The molecule has 6 heteroatoms. The predicted octanol–water partition coefficient (Wildman–Crippen LogP) is 2.84. The molecule has 0 bridgehead atoms. The second-order valence-electron chi connectivity index (χ2n) is 3.76. The molecule has 0 aliphatic carbocycles. The van der Waals surface area contributed by atoms with E-state index in [0.29, 0.717) is 0 Å². The molecule has 0 atom stereocenters. The molecule has 4 nitrogen and oxygen atoms in total. The molecule has 0 amide bonds. The van der Waals surface area contributed by atoms with Gasteiger partial charge in [0, 0.05) is 6.20 Å². The second-order valence-corrected chi connectivity index (χ2v) is 5.80. The summed E-state index contributed by atoms with van der Waals surface area (Å²) in [7, 11) is -3.63. The van der Waals surface area contributed by atoms with Crippen LogP contribution in [0.4, 0.5) is 5.69 Å². The minimum absolute atomic E-state index is 0.119. The average molecular weight is 283 g/mol. The molecule has 0 aliphatic heterocycles. The molecular formula is C12H11ClN2O2S. The van der Waals surface area contributed by atoms with E-state index in [-0.39, 0.29) is 15.7 Å². The Bertz CT molecular complexity index is 654. The highest BCUT2D eigenvalue weighted by molar-refractivity contribution is 7.92. The van der Waals surface area contributed by atoms with E-state index in [1.165, 1.54) is 6.20 Å². The van der Waals surface area contributed by atoms with Crippen molar-refractivity contribution in [2.45, 2.75) is 11.8 Å². The highest BCUT2D eigenvalue weighted by Crippen LogP contribution is 2.21. The van der Waals surface area contributed by atoms with Crippen molar-refractivity contribution in [1.82, 2.24) is 4.98 Å². The molecule has 2 rings (SSSR count). The van der Waals surface area contributed by atoms with Gasteiger partial charge in [-0.25, -0.2) is 13.4 Å². The maximum Gasteiger partial charge on any atom is 0.261 e. The first-order valence-corrected chi connectivity index (χ1v) is 7.05. The van der Waals surface area contributed by atoms with Crippen molar-refractivity contribution in [1.29, 1.82) is 0 Å². The third-order valence-electron chi connectivity index (χ3n) is 2.33. The van der Waals surface area contributed by atoms with Crippen LogP contribution in [0.3, 0.4) is 0 Å². The van der Waals surface area contributed by atoms with Gasteiger partial charge in [-0.2, -0.15) is 0 Å². The molecule has 0 aliphatic rings. The summed E-state index contributed by atoms with van der Waals surface area (Å²) >= 11 is 5.80. The number of nitrogens with one attached hydrogen (secondary N) is 1. The topological polar surface area (TPSA) is 59.1 Å².